The van der Waals surface area contributed by atoms with E-state index < -0.39 is 33.6 Å². The van der Waals surface area contributed by atoms with Crippen LogP contribution in [0.3, 0.4) is 0 Å². The predicted octanol–water partition coefficient (Wildman–Crippen LogP) is 2.37. The van der Waals surface area contributed by atoms with Gasteiger partial charge in [-0.05, 0) is 49.9 Å². The molecule has 9 heteroatoms. The molecule has 0 unspecified atom stereocenters. The van der Waals surface area contributed by atoms with Crippen LogP contribution in [-0.4, -0.2) is 28.5 Å². The number of rotatable bonds is 6. The lowest BCUT2D eigenvalue weighted by Crippen LogP contribution is -2.27. The van der Waals surface area contributed by atoms with Gasteiger partial charge in [-0.3, -0.25) is 4.79 Å². The van der Waals surface area contributed by atoms with Gasteiger partial charge >= 0.3 is 0 Å². The molecule has 2 N–H and O–H groups in total. The Morgan fingerprint density at radius 2 is 1.81 bits per heavy atom. The minimum Gasteiger partial charge on any atom is -0.495 e. The minimum atomic E-state index is -3.83. The lowest BCUT2D eigenvalue weighted by Gasteiger charge is -2.16. The van der Waals surface area contributed by atoms with Crippen LogP contribution >= 0.6 is 0 Å². The zero-order valence-corrected chi connectivity index (χ0v) is 15.2. The molecule has 0 saturated carbocycles. The Bertz CT molecular complexity index is 932. The molecule has 140 valence electrons. The van der Waals surface area contributed by atoms with Gasteiger partial charge in [-0.1, -0.05) is 6.07 Å². The highest BCUT2D eigenvalue weighted by atomic mass is 32.2. The van der Waals surface area contributed by atoms with Gasteiger partial charge in [0.15, 0.2) is 11.6 Å². The smallest absolute Gasteiger partial charge is 0.251 e. The lowest BCUT2D eigenvalue weighted by molar-refractivity contribution is 0.0939. The van der Waals surface area contributed by atoms with Gasteiger partial charge in [-0.2, -0.15) is 0 Å². The average molecular weight is 384 g/mol. The lowest BCUT2D eigenvalue weighted by atomic mass is 10.1. The Kier molecular flexibility index (Phi) is 5.94. The minimum absolute atomic E-state index is 0.0778. The fourth-order valence-corrected chi connectivity index (χ4v) is 3.20. The van der Waals surface area contributed by atoms with E-state index in [1.54, 1.807) is 6.92 Å². The van der Waals surface area contributed by atoms with Crippen LogP contribution in [0.25, 0.3) is 0 Å². The van der Waals surface area contributed by atoms with Gasteiger partial charge in [0, 0.05) is 5.56 Å². The van der Waals surface area contributed by atoms with Gasteiger partial charge < -0.3 is 10.1 Å². The number of sulfonamides is 1. The molecule has 0 saturated heterocycles. The van der Waals surface area contributed by atoms with E-state index in [-0.39, 0.29) is 16.2 Å². The second-order valence-corrected chi connectivity index (χ2v) is 7.30. The van der Waals surface area contributed by atoms with Crippen LogP contribution in [0, 0.1) is 11.6 Å². The molecule has 0 aliphatic carbocycles. The number of amides is 1. The van der Waals surface area contributed by atoms with Crippen molar-refractivity contribution in [3.05, 3.63) is 59.2 Å². The third-order valence-electron chi connectivity index (χ3n) is 3.78. The summed E-state index contributed by atoms with van der Waals surface area (Å²) >= 11 is 0. The van der Waals surface area contributed by atoms with Gasteiger partial charge in [0.05, 0.1) is 13.2 Å². The first-order valence-electron chi connectivity index (χ1n) is 7.57. The zero-order valence-electron chi connectivity index (χ0n) is 14.3. The Morgan fingerprint density at radius 3 is 2.38 bits per heavy atom. The highest BCUT2D eigenvalue weighted by Gasteiger charge is 2.21. The highest BCUT2D eigenvalue weighted by molar-refractivity contribution is 7.89. The number of hydrogen-bond donors (Lipinski definition) is 2. The molecule has 0 bridgehead atoms. The molecule has 0 aromatic heterocycles. The molecule has 0 fully saturated rings. The van der Waals surface area contributed by atoms with E-state index in [0.717, 1.165) is 12.1 Å². The van der Waals surface area contributed by atoms with Gasteiger partial charge in [0.1, 0.15) is 10.6 Å². The monoisotopic (exact) mass is 384 g/mol. The van der Waals surface area contributed by atoms with Crippen LogP contribution < -0.4 is 14.8 Å². The number of carbonyl (C=O) groups excluding carboxylic acids is 1. The summed E-state index contributed by atoms with van der Waals surface area (Å²) in [6.45, 7) is 1.60. The molecule has 6 nitrogen and oxygen atoms in total. The molecule has 2 rings (SSSR count). The molecule has 1 amide bonds. The van der Waals surface area contributed by atoms with Crippen molar-refractivity contribution in [2.24, 2.45) is 0 Å². The maximum Gasteiger partial charge on any atom is 0.251 e. The van der Waals surface area contributed by atoms with Crippen LogP contribution in [0.2, 0.25) is 0 Å². The molecule has 0 aliphatic rings. The molecule has 26 heavy (non-hydrogen) atoms. The van der Waals surface area contributed by atoms with Crippen molar-refractivity contribution in [1.29, 1.82) is 0 Å². The van der Waals surface area contributed by atoms with Crippen LogP contribution in [0.5, 0.6) is 5.75 Å². The maximum absolute atomic E-state index is 13.3. The highest BCUT2D eigenvalue weighted by Crippen LogP contribution is 2.25. The van der Waals surface area contributed by atoms with Gasteiger partial charge in [0.2, 0.25) is 10.0 Å². The first kappa shape index (κ1) is 19.8. The van der Waals surface area contributed by atoms with E-state index in [4.69, 9.17) is 4.74 Å². The molecule has 2 aromatic rings. The van der Waals surface area contributed by atoms with Gasteiger partial charge in [-0.25, -0.2) is 21.9 Å². The zero-order chi connectivity index (χ0) is 19.5. The van der Waals surface area contributed by atoms with Crippen LogP contribution in [0.1, 0.15) is 28.9 Å². The van der Waals surface area contributed by atoms with E-state index in [1.807, 2.05) is 0 Å². The number of benzene rings is 2. The normalized spacial score (nSPS) is 12.5. The van der Waals surface area contributed by atoms with E-state index in [1.165, 1.54) is 38.4 Å². The maximum atomic E-state index is 13.3. The number of halogens is 2. The molecule has 2 aromatic carbocycles. The molecule has 0 spiro atoms. The first-order chi connectivity index (χ1) is 12.2. The van der Waals surface area contributed by atoms with Crippen LogP contribution in [0.4, 0.5) is 8.78 Å². The second-order valence-electron chi connectivity index (χ2n) is 5.44. The van der Waals surface area contributed by atoms with Crippen molar-refractivity contribution < 1.29 is 26.7 Å². The number of methoxy groups -OCH3 is 1. The third kappa shape index (κ3) is 4.17. The van der Waals surface area contributed by atoms with Crippen LogP contribution in [0.15, 0.2) is 41.3 Å². The second kappa shape index (κ2) is 7.79. The number of ether oxygens (including phenoxy) is 1. The van der Waals surface area contributed by atoms with Crippen molar-refractivity contribution in [2.75, 3.05) is 14.2 Å². The van der Waals surface area contributed by atoms with Crippen molar-refractivity contribution >= 4 is 15.9 Å². The molecule has 0 radical (unpaired) electrons. The van der Waals surface area contributed by atoms with E-state index >= 15 is 0 Å². The summed E-state index contributed by atoms with van der Waals surface area (Å²) < 4.78 is 57.7. The number of hydrogen-bond acceptors (Lipinski definition) is 4. The van der Waals surface area contributed by atoms with Gasteiger partial charge in [-0.15, -0.1) is 0 Å². The Balaban J connectivity index is 2.29. The summed E-state index contributed by atoms with van der Waals surface area (Å²) in [5.74, 6) is -2.48. The quantitative estimate of drug-likeness (QED) is 0.801. The Labute approximate surface area is 150 Å². The first-order valence-corrected chi connectivity index (χ1v) is 9.05. The molecular formula is C17H18F2N2O4S. The Morgan fingerprint density at radius 1 is 1.12 bits per heavy atom. The van der Waals surface area contributed by atoms with Crippen molar-refractivity contribution in [1.82, 2.24) is 10.0 Å². The topological polar surface area (TPSA) is 84.5 Å². The summed E-state index contributed by atoms with van der Waals surface area (Å²) in [5.41, 5.74) is 0.447. The van der Waals surface area contributed by atoms with E-state index in [0.29, 0.717) is 5.56 Å². The average Bonchev–Trinajstić information content (AvgIpc) is 2.63. The number of nitrogens with one attached hydrogen (secondary N) is 2. The van der Waals surface area contributed by atoms with Crippen molar-refractivity contribution in [3.63, 3.8) is 0 Å². The summed E-state index contributed by atoms with van der Waals surface area (Å²) in [6.07, 6.45) is 0. The number of carbonyl (C=O) groups is 1. The summed E-state index contributed by atoms with van der Waals surface area (Å²) in [7, 11) is -1.28. The molecule has 0 heterocycles. The summed E-state index contributed by atoms with van der Waals surface area (Å²) in [5, 5.41) is 2.61. The largest absolute Gasteiger partial charge is 0.495 e. The molecular weight excluding hydrogens is 366 g/mol. The standard InChI is InChI=1S/C17H18F2N2O4S/c1-10(11-4-6-13(18)14(19)8-11)21-17(22)12-5-7-15(25-3)16(9-12)26(23,24)20-2/h4-10,20H,1-3H3,(H,21,22)/t10-/m0/s1. The molecule has 1 atom stereocenters. The molecule has 0 aliphatic heterocycles. The summed E-state index contributed by atoms with van der Waals surface area (Å²) in [4.78, 5) is 12.2. The third-order valence-corrected chi connectivity index (χ3v) is 5.21. The SMILES string of the molecule is CNS(=O)(=O)c1cc(C(=O)N[C@@H](C)c2ccc(F)c(F)c2)ccc1OC. The van der Waals surface area contributed by atoms with E-state index in [9.17, 15) is 22.0 Å². The van der Waals surface area contributed by atoms with Crippen LogP contribution in [-0.2, 0) is 10.0 Å². The van der Waals surface area contributed by atoms with Gasteiger partial charge in [0.25, 0.3) is 5.91 Å². The Hall–Kier alpha value is -2.52. The van der Waals surface area contributed by atoms with Crippen molar-refractivity contribution in [2.45, 2.75) is 17.9 Å². The summed E-state index contributed by atoms with van der Waals surface area (Å²) in [6, 6.07) is 6.64. The van der Waals surface area contributed by atoms with E-state index in [2.05, 4.69) is 10.0 Å². The fraction of sp³-hybridized carbons (Fsp3) is 0.235. The van der Waals surface area contributed by atoms with Crippen molar-refractivity contribution in [3.8, 4) is 5.75 Å². The fourth-order valence-electron chi connectivity index (χ4n) is 2.28. The predicted molar refractivity (Wildman–Crippen MR) is 91.5 cm³/mol.